The summed E-state index contributed by atoms with van der Waals surface area (Å²) in [6.45, 7) is 4.83. The third kappa shape index (κ3) is 3.58. The highest BCUT2D eigenvalue weighted by Crippen LogP contribution is 2.31. The first-order valence-corrected chi connectivity index (χ1v) is 7.36. The molecule has 0 aromatic carbocycles. The molecule has 0 atom stereocenters. The van der Waals surface area contributed by atoms with Crippen LogP contribution >= 0.6 is 0 Å². The number of carbonyl (C=O) groups excluding carboxylic acids is 1. The van der Waals surface area contributed by atoms with Crippen molar-refractivity contribution in [1.82, 2.24) is 4.90 Å². The van der Waals surface area contributed by atoms with Gasteiger partial charge in [-0.3, -0.25) is 4.90 Å². The van der Waals surface area contributed by atoms with Gasteiger partial charge in [-0.05, 0) is 25.7 Å². The zero-order valence-electron chi connectivity index (χ0n) is 11.3. The molecule has 0 amide bonds. The third-order valence-corrected chi connectivity index (χ3v) is 4.35. The fourth-order valence-corrected chi connectivity index (χ4v) is 3.45. The fraction of sp³-hybridized carbons (Fsp3) is 0.800. The third-order valence-electron chi connectivity index (χ3n) is 4.35. The van der Waals surface area contributed by atoms with Crippen LogP contribution in [0.15, 0.2) is 12.7 Å². The zero-order chi connectivity index (χ0) is 12.8. The van der Waals surface area contributed by atoms with Crippen molar-refractivity contribution >= 4 is 5.97 Å². The van der Waals surface area contributed by atoms with Crippen molar-refractivity contribution in [3.63, 3.8) is 0 Å². The normalized spacial score (nSPS) is 21.6. The van der Waals surface area contributed by atoms with Crippen LogP contribution in [0.3, 0.4) is 0 Å². The Morgan fingerprint density at radius 1 is 1.11 bits per heavy atom. The highest BCUT2D eigenvalue weighted by molar-refractivity contribution is 5.81. The van der Waals surface area contributed by atoms with E-state index in [0.717, 1.165) is 18.6 Å². The number of nitrogens with zero attached hydrogens (tertiary/aromatic N) is 1. The number of ether oxygens (including phenoxy) is 1. The molecule has 0 unspecified atom stereocenters. The second kappa shape index (κ2) is 6.93. The van der Waals surface area contributed by atoms with Gasteiger partial charge in [0.15, 0.2) is 0 Å². The smallest absolute Gasteiger partial charge is 0.330 e. The molecule has 0 radical (unpaired) electrons. The minimum absolute atomic E-state index is 0.298. The molecule has 0 saturated heterocycles. The number of hydrogen-bond acceptors (Lipinski definition) is 3. The summed E-state index contributed by atoms with van der Waals surface area (Å²) in [5, 5.41) is 0. The maximum absolute atomic E-state index is 11.1. The molecule has 18 heavy (non-hydrogen) atoms. The zero-order valence-corrected chi connectivity index (χ0v) is 11.3. The van der Waals surface area contributed by atoms with Gasteiger partial charge in [-0.25, -0.2) is 4.79 Å². The lowest BCUT2D eigenvalue weighted by Crippen LogP contribution is -2.42. The molecular weight excluding hydrogens is 226 g/mol. The highest BCUT2D eigenvalue weighted by atomic mass is 16.5. The predicted molar refractivity (Wildman–Crippen MR) is 72.4 cm³/mol. The van der Waals surface area contributed by atoms with Gasteiger partial charge in [0.25, 0.3) is 0 Å². The van der Waals surface area contributed by atoms with E-state index in [2.05, 4.69) is 11.5 Å². The first-order valence-electron chi connectivity index (χ1n) is 7.36. The van der Waals surface area contributed by atoms with Gasteiger partial charge < -0.3 is 4.74 Å². The predicted octanol–water partition coefficient (Wildman–Crippen LogP) is 2.90. The van der Waals surface area contributed by atoms with Crippen LogP contribution < -0.4 is 0 Å². The van der Waals surface area contributed by atoms with Crippen molar-refractivity contribution in [2.75, 3.05) is 13.2 Å². The van der Waals surface area contributed by atoms with Crippen LogP contribution in [-0.2, 0) is 9.53 Å². The average molecular weight is 251 g/mol. The lowest BCUT2D eigenvalue weighted by atomic mass is 10.1. The topological polar surface area (TPSA) is 29.5 Å². The Labute approximate surface area is 110 Å². The molecule has 0 aromatic heterocycles. The SMILES string of the molecule is C=CC(=O)OCCN(C1CCCC1)C1CCCC1. The largest absolute Gasteiger partial charge is 0.461 e. The molecule has 0 aromatic rings. The van der Waals surface area contributed by atoms with E-state index < -0.39 is 0 Å². The van der Waals surface area contributed by atoms with Gasteiger partial charge in [0.05, 0.1) is 0 Å². The molecule has 0 spiro atoms. The molecule has 2 rings (SSSR count). The van der Waals surface area contributed by atoms with Gasteiger partial charge in [0.1, 0.15) is 6.61 Å². The first-order chi connectivity index (χ1) is 8.81. The number of hydrogen-bond donors (Lipinski definition) is 0. The second-order valence-electron chi connectivity index (χ2n) is 5.49. The molecule has 0 aliphatic heterocycles. The van der Waals surface area contributed by atoms with E-state index in [1.165, 1.54) is 57.4 Å². The van der Waals surface area contributed by atoms with Crippen molar-refractivity contribution < 1.29 is 9.53 Å². The molecule has 3 nitrogen and oxygen atoms in total. The van der Waals surface area contributed by atoms with Crippen molar-refractivity contribution in [3.05, 3.63) is 12.7 Å². The molecule has 0 N–H and O–H groups in total. The minimum Gasteiger partial charge on any atom is -0.461 e. The Hall–Kier alpha value is -0.830. The number of esters is 1. The van der Waals surface area contributed by atoms with Crippen LogP contribution in [0.2, 0.25) is 0 Å². The Balaban J connectivity index is 1.83. The van der Waals surface area contributed by atoms with E-state index in [4.69, 9.17) is 4.74 Å². The van der Waals surface area contributed by atoms with Gasteiger partial charge in [-0.1, -0.05) is 32.3 Å². The summed E-state index contributed by atoms with van der Waals surface area (Å²) >= 11 is 0. The van der Waals surface area contributed by atoms with Gasteiger partial charge in [0, 0.05) is 24.7 Å². The Bertz CT molecular complexity index is 262. The summed E-state index contributed by atoms with van der Waals surface area (Å²) < 4.78 is 5.14. The van der Waals surface area contributed by atoms with E-state index in [1.807, 2.05) is 0 Å². The summed E-state index contributed by atoms with van der Waals surface area (Å²) in [7, 11) is 0. The number of carbonyl (C=O) groups is 1. The highest BCUT2D eigenvalue weighted by Gasteiger charge is 2.30. The molecular formula is C15H25NO2. The summed E-state index contributed by atoms with van der Waals surface area (Å²) in [5.74, 6) is -0.298. The van der Waals surface area contributed by atoms with Gasteiger partial charge >= 0.3 is 5.97 Å². The van der Waals surface area contributed by atoms with Crippen molar-refractivity contribution in [2.24, 2.45) is 0 Å². The monoisotopic (exact) mass is 251 g/mol. The van der Waals surface area contributed by atoms with E-state index in [-0.39, 0.29) is 5.97 Å². The Morgan fingerprint density at radius 3 is 2.06 bits per heavy atom. The second-order valence-corrected chi connectivity index (χ2v) is 5.49. The van der Waals surface area contributed by atoms with Crippen LogP contribution in [0.4, 0.5) is 0 Å². The summed E-state index contributed by atoms with van der Waals surface area (Å²) in [5.41, 5.74) is 0. The van der Waals surface area contributed by atoms with Crippen LogP contribution in [0.5, 0.6) is 0 Å². The molecule has 0 bridgehead atoms. The van der Waals surface area contributed by atoms with Crippen molar-refractivity contribution in [2.45, 2.75) is 63.5 Å². The molecule has 102 valence electrons. The van der Waals surface area contributed by atoms with E-state index >= 15 is 0 Å². The molecule has 2 aliphatic carbocycles. The summed E-state index contributed by atoms with van der Waals surface area (Å²) in [4.78, 5) is 13.7. The summed E-state index contributed by atoms with van der Waals surface area (Å²) in [6, 6.07) is 1.46. The Kier molecular flexibility index (Phi) is 5.24. The molecule has 2 saturated carbocycles. The van der Waals surface area contributed by atoms with Crippen molar-refractivity contribution in [1.29, 1.82) is 0 Å². The lowest BCUT2D eigenvalue weighted by Gasteiger charge is -2.34. The van der Waals surface area contributed by atoms with Crippen LogP contribution in [-0.4, -0.2) is 36.1 Å². The van der Waals surface area contributed by atoms with Gasteiger partial charge in [-0.15, -0.1) is 0 Å². The Morgan fingerprint density at radius 2 is 1.61 bits per heavy atom. The van der Waals surface area contributed by atoms with E-state index in [1.54, 1.807) is 0 Å². The number of rotatable bonds is 6. The average Bonchev–Trinajstić information content (AvgIpc) is 3.06. The molecule has 2 aliphatic rings. The van der Waals surface area contributed by atoms with Gasteiger partial charge in [-0.2, -0.15) is 0 Å². The first kappa shape index (κ1) is 13.6. The van der Waals surface area contributed by atoms with Crippen LogP contribution in [0, 0.1) is 0 Å². The van der Waals surface area contributed by atoms with E-state index in [9.17, 15) is 4.79 Å². The minimum atomic E-state index is -0.298. The van der Waals surface area contributed by atoms with Crippen molar-refractivity contribution in [3.8, 4) is 0 Å². The molecule has 3 heteroatoms. The quantitative estimate of drug-likeness (QED) is 0.537. The van der Waals surface area contributed by atoms with Gasteiger partial charge in [0.2, 0.25) is 0 Å². The van der Waals surface area contributed by atoms with Crippen LogP contribution in [0.25, 0.3) is 0 Å². The molecule has 2 fully saturated rings. The molecule has 0 heterocycles. The fourth-order valence-electron chi connectivity index (χ4n) is 3.45. The lowest BCUT2D eigenvalue weighted by molar-refractivity contribution is -0.138. The van der Waals surface area contributed by atoms with Crippen LogP contribution in [0.1, 0.15) is 51.4 Å². The maximum atomic E-state index is 11.1. The van der Waals surface area contributed by atoms with E-state index in [0.29, 0.717) is 6.61 Å². The standard InChI is InChI=1S/C15H25NO2/c1-2-15(17)18-12-11-16(13-7-3-4-8-13)14-9-5-6-10-14/h2,13-14H,1,3-12H2. The maximum Gasteiger partial charge on any atom is 0.330 e. The summed E-state index contributed by atoms with van der Waals surface area (Å²) in [6.07, 6.45) is 12.0.